The second kappa shape index (κ2) is 12.5. The molecule has 3 aliphatic carbocycles. The molecule has 0 heterocycles. The highest BCUT2D eigenvalue weighted by Crippen LogP contribution is 2.57. The predicted octanol–water partition coefficient (Wildman–Crippen LogP) is 10.2. The van der Waals surface area contributed by atoms with Crippen molar-refractivity contribution in [2.75, 3.05) is 0 Å². The van der Waals surface area contributed by atoms with Gasteiger partial charge in [-0.3, -0.25) is 0 Å². The van der Waals surface area contributed by atoms with Gasteiger partial charge in [-0.05, 0) is 92.4 Å². The Hall–Kier alpha value is -4.18. The fraction of sp³-hybridized carbons (Fsp3) is 0.381. The summed E-state index contributed by atoms with van der Waals surface area (Å²) in [6.07, 6.45) is -1.39. The second-order valence-electron chi connectivity index (χ2n) is 14.3. The molecule has 0 N–H and O–H groups in total. The van der Waals surface area contributed by atoms with Gasteiger partial charge in [0.2, 0.25) is 0 Å². The minimum absolute atomic E-state index is 0.284. The third-order valence-electron chi connectivity index (χ3n) is 9.89. The zero-order valence-corrected chi connectivity index (χ0v) is 28.3. The van der Waals surface area contributed by atoms with Gasteiger partial charge in [-0.1, -0.05) is 116 Å². The van der Waals surface area contributed by atoms with Gasteiger partial charge < -0.3 is 9.47 Å². The van der Waals surface area contributed by atoms with Gasteiger partial charge in [0.15, 0.2) is 12.2 Å². The van der Waals surface area contributed by atoms with E-state index in [0.29, 0.717) is 34.8 Å². The summed E-state index contributed by atoms with van der Waals surface area (Å²) in [6.45, 7) is 17.9. The molecular formula is C42H46O4. The first-order valence-electron chi connectivity index (χ1n) is 16.8. The number of benzene rings is 4. The van der Waals surface area contributed by atoms with Crippen molar-refractivity contribution in [2.45, 2.75) is 103 Å². The molecule has 7 rings (SSSR count). The van der Waals surface area contributed by atoms with E-state index in [2.05, 4.69) is 79.7 Å². The monoisotopic (exact) mass is 614 g/mol. The summed E-state index contributed by atoms with van der Waals surface area (Å²) in [4.78, 5) is 27.6. The van der Waals surface area contributed by atoms with Crippen LogP contribution < -0.4 is 0 Å². The van der Waals surface area contributed by atoms with Gasteiger partial charge in [-0.2, -0.15) is 0 Å². The Bertz CT molecular complexity index is 1550. The Labute approximate surface area is 274 Å². The number of fused-ring (bicyclic) bond motifs is 1. The number of hydrogen-bond acceptors (Lipinski definition) is 4. The second-order valence-corrected chi connectivity index (χ2v) is 14.3. The van der Waals surface area contributed by atoms with Crippen molar-refractivity contribution < 1.29 is 19.1 Å². The molecule has 46 heavy (non-hydrogen) atoms. The molecule has 0 saturated heterocycles. The first-order valence-corrected chi connectivity index (χ1v) is 16.8. The van der Waals surface area contributed by atoms with E-state index >= 15 is 0 Å². The summed E-state index contributed by atoms with van der Waals surface area (Å²) in [5, 5.41) is 0. The maximum Gasteiger partial charge on any atom is 0.338 e. The van der Waals surface area contributed by atoms with Crippen LogP contribution in [-0.4, -0.2) is 24.1 Å². The Balaban J connectivity index is 1.61. The van der Waals surface area contributed by atoms with Crippen LogP contribution in [0.4, 0.5) is 0 Å². The smallest absolute Gasteiger partial charge is 0.338 e. The van der Waals surface area contributed by atoms with Crippen LogP contribution >= 0.6 is 0 Å². The summed E-state index contributed by atoms with van der Waals surface area (Å²) in [5.41, 5.74) is 10.9. The fourth-order valence-electron chi connectivity index (χ4n) is 7.64. The summed E-state index contributed by atoms with van der Waals surface area (Å²) >= 11 is 0. The molecule has 4 heteroatoms. The topological polar surface area (TPSA) is 52.6 Å². The minimum atomic E-state index is -0.694. The molecule has 0 aliphatic heterocycles. The van der Waals surface area contributed by atoms with E-state index in [-0.39, 0.29) is 11.8 Å². The molecule has 0 radical (unpaired) electrons. The molecule has 0 aromatic heterocycles. The van der Waals surface area contributed by atoms with Crippen LogP contribution in [0.25, 0.3) is 0 Å². The summed E-state index contributed by atoms with van der Waals surface area (Å²) < 4.78 is 13.0. The summed E-state index contributed by atoms with van der Waals surface area (Å²) in [5.74, 6) is -0.0744. The van der Waals surface area contributed by atoms with Gasteiger partial charge in [0.1, 0.15) is 0 Å². The molecule has 3 aliphatic rings. The van der Waals surface area contributed by atoms with E-state index in [9.17, 15) is 9.59 Å². The molecule has 0 amide bonds. The number of ether oxygens (including phenoxy) is 2. The molecule has 4 nitrogen and oxygen atoms in total. The third-order valence-corrected chi connectivity index (χ3v) is 9.89. The zero-order chi connectivity index (χ0) is 32.9. The molecule has 4 aromatic carbocycles. The van der Waals surface area contributed by atoms with E-state index in [0.717, 1.165) is 0 Å². The lowest BCUT2D eigenvalue weighted by atomic mass is 9.59. The Morgan fingerprint density at radius 2 is 0.717 bits per heavy atom. The van der Waals surface area contributed by atoms with Crippen LogP contribution in [0.5, 0.6) is 0 Å². The largest absolute Gasteiger partial charge is 0.454 e. The Morgan fingerprint density at radius 3 is 0.957 bits per heavy atom. The van der Waals surface area contributed by atoms with E-state index in [1.54, 1.807) is 24.3 Å². The summed E-state index contributed by atoms with van der Waals surface area (Å²) in [6, 6.07) is 27.7. The van der Waals surface area contributed by atoms with Crippen molar-refractivity contribution in [3.63, 3.8) is 0 Å². The van der Waals surface area contributed by atoms with Crippen molar-refractivity contribution in [3.8, 4) is 0 Å². The molecular weight excluding hydrogens is 568 g/mol. The maximum atomic E-state index is 13.8. The van der Waals surface area contributed by atoms with Crippen LogP contribution in [0.15, 0.2) is 84.9 Å². The molecule has 0 fully saturated rings. The first-order chi connectivity index (χ1) is 22.0. The fourth-order valence-corrected chi connectivity index (χ4v) is 7.64. The van der Waals surface area contributed by atoms with Crippen LogP contribution in [0.3, 0.4) is 0 Å². The molecule has 0 saturated carbocycles. The van der Waals surface area contributed by atoms with Crippen molar-refractivity contribution in [1.29, 1.82) is 0 Å². The highest BCUT2D eigenvalue weighted by Gasteiger charge is 2.54. The highest BCUT2D eigenvalue weighted by molar-refractivity contribution is 5.91. The first kappa shape index (κ1) is 31.8. The van der Waals surface area contributed by atoms with Gasteiger partial charge in [0.05, 0.1) is 23.0 Å². The normalized spacial score (nSPS) is 19.8. The standard InChI is InChI=1S/C42H46O4/c1-23(2)29-19-33-34(20-30(29)24(3)4)38-36-22-32(26(7)8)31(25(5)6)21-35(36)37(33)39(45-41(43)27-15-11-9-12-16-27)40(38)46-42(44)28-17-13-10-14-18-28/h9-26,37-40H,1-8H3/t37-,38-,39?,40?. The lowest BCUT2D eigenvalue weighted by Crippen LogP contribution is -2.51. The quantitative estimate of drug-likeness (QED) is 0.185. The number of hydrogen-bond donors (Lipinski definition) is 0. The summed E-state index contributed by atoms with van der Waals surface area (Å²) in [7, 11) is 0. The third kappa shape index (κ3) is 5.57. The molecule has 2 unspecified atom stereocenters. The van der Waals surface area contributed by atoms with Crippen LogP contribution in [-0.2, 0) is 9.47 Å². The lowest BCUT2D eigenvalue weighted by molar-refractivity contribution is -0.0558. The van der Waals surface area contributed by atoms with E-state index in [1.165, 1.54) is 44.5 Å². The van der Waals surface area contributed by atoms with E-state index in [4.69, 9.17) is 9.47 Å². The van der Waals surface area contributed by atoms with Gasteiger partial charge in [0.25, 0.3) is 0 Å². The number of rotatable bonds is 8. The van der Waals surface area contributed by atoms with Crippen molar-refractivity contribution >= 4 is 11.9 Å². The van der Waals surface area contributed by atoms with Gasteiger partial charge in [-0.25, -0.2) is 9.59 Å². The van der Waals surface area contributed by atoms with Crippen molar-refractivity contribution in [2.24, 2.45) is 0 Å². The number of esters is 2. The number of carbonyl (C=O) groups is 2. The molecule has 238 valence electrons. The Kier molecular flexibility index (Phi) is 8.67. The number of carbonyl (C=O) groups excluding carboxylic acids is 2. The predicted molar refractivity (Wildman–Crippen MR) is 184 cm³/mol. The van der Waals surface area contributed by atoms with Gasteiger partial charge >= 0.3 is 11.9 Å². The molecule has 2 bridgehead atoms. The average Bonchev–Trinajstić information content (AvgIpc) is 3.04. The Morgan fingerprint density at radius 1 is 0.457 bits per heavy atom. The average molecular weight is 615 g/mol. The van der Waals surface area contributed by atoms with Gasteiger partial charge in [-0.15, -0.1) is 0 Å². The highest BCUT2D eigenvalue weighted by atomic mass is 16.6. The molecule has 4 aromatic rings. The molecule has 2 atom stereocenters. The van der Waals surface area contributed by atoms with E-state index in [1.807, 2.05) is 36.4 Å². The van der Waals surface area contributed by atoms with Crippen LogP contribution in [0.1, 0.15) is 156 Å². The maximum absolute atomic E-state index is 13.8. The molecule has 0 spiro atoms. The van der Waals surface area contributed by atoms with Crippen molar-refractivity contribution in [3.05, 3.63) is 141 Å². The van der Waals surface area contributed by atoms with E-state index < -0.39 is 24.1 Å². The SMILES string of the molecule is CC(C)c1cc2c(cc1C(C)C)[C@H]1c3cc(C(C)C)c(C(C)C)cc3[C@H]2C(OC(=O)c2ccccc2)C1OC(=O)c1ccccc1. The van der Waals surface area contributed by atoms with Gasteiger partial charge in [0, 0.05) is 0 Å². The van der Waals surface area contributed by atoms with Crippen LogP contribution in [0.2, 0.25) is 0 Å². The van der Waals surface area contributed by atoms with Crippen molar-refractivity contribution in [1.82, 2.24) is 0 Å². The van der Waals surface area contributed by atoms with Crippen LogP contribution in [0, 0.1) is 0 Å². The lowest BCUT2D eigenvalue weighted by Gasteiger charge is -2.50. The minimum Gasteiger partial charge on any atom is -0.454 e. The zero-order valence-electron chi connectivity index (χ0n) is 28.3.